The maximum absolute atomic E-state index is 13.0. The second-order valence-electron chi connectivity index (χ2n) is 3.06. The number of rotatable bonds is 5. The molecule has 0 atom stereocenters. The first-order valence-corrected chi connectivity index (χ1v) is 4.39. The van der Waals surface area contributed by atoms with Crippen LogP contribution in [-0.2, 0) is 0 Å². The van der Waals surface area contributed by atoms with Gasteiger partial charge >= 0.3 is 0 Å². The summed E-state index contributed by atoms with van der Waals surface area (Å²) in [5, 5.41) is 0. The van der Waals surface area contributed by atoms with Crippen LogP contribution in [0.1, 0.15) is 39.5 Å². The summed E-state index contributed by atoms with van der Waals surface area (Å²) < 4.78 is 13.0. The molecule has 2 heteroatoms. The van der Waals surface area contributed by atoms with E-state index in [1.807, 2.05) is 0 Å². The van der Waals surface area contributed by atoms with E-state index in [2.05, 4.69) is 13.5 Å². The van der Waals surface area contributed by atoms with Gasteiger partial charge in [-0.15, -0.1) is 0 Å². The largest absolute Gasteiger partial charge is 0.400 e. The number of hydrogen-bond acceptors (Lipinski definition) is 1. The standard InChI is InChI=1S/C10H18FN/c1-4-5-6-7-8(2)10(11)9(3)12/h2,4-7,12H2,1,3H3/b10-9-. The van der Waals surface area contributed by atoms with E-state index in [4.69, 9.17) is 5.73 Å². The predicted octanol–water partition coefficient (Wildman–Crippen LogP) is 3.28. The molecule has 0 radical (unpaired) electrons. The zero-order valence-corrected chi connectivity index (χ0v) is 7.99. The molecular weight excluding hydrogens is 153 g/mol. The van der Waals surface area contributed by atoms with E-state index in [0.29, 0.717) is 12.0 Å². The van der Waals surface area contributed by atoms with Gasteiger partial charge < -0.3 is 5.73 Å². The third kappa shape index (κ3) is 4.16. The molecule has 0 aromatic carbocycles. The van der Waals surface area contributed by atoms with Gasteiger partial charge in [-0.2, -0.15) is 0 Å². The summed E-state index contributed by atoms with van der Waals surface area (Å²) in [6.45, 7) is 7.30. The number of unbranched alkanes of at least 4 members (excludes halogenated alkanes) is 2. The van der Waals surface area contributed by atoms with Crippen LogP contribution in [0, 0.1) is 0 Å². The molecule has 0 aliphatic carbocycles. The Morgan fingerprint density at radius 3 is 2.42 bits per heavy atom. The van der Waals surface area contributed by atoms with Crippen LogP contribution < -0.4 is 5.73 Å². The Kier molecular flexibility index (Phi) is 5.43. The van der Waals surface area contributed by atoms with Crippen molar-refractivity contribution in [3.05, 3.63) is 23.7 Å². The molecular formula is C10H18FN. The van der Waals surface area contributed by atoms with E-state index in [1.54, 1.807) is 6.92 Å². The summed E-state index contributed by atoms with van der Waals surface area (Å²) in [6, 6.07) is 0. The molecule has 0 bridgehead atoms. The monoisotopic (exact) mass is 171 g/mol. The zero-order valence-electron chi connectivity index (χ0n) is 7.99. The van der Waals surface area contributed by atoms with Crippen LogP contribution in [0.5, 0.6) is 0 Å². The molecule has 0 aromatic heterocycles. The molecule has 0 unspecified atom stereocenters. The highest BCUT2D eigenvalue weighted by Crippen LogP contribution is 2.18. The maximum atomic E-state index is 13.0. The Morgan fingerprint density at radius 2 is 2.00 bits per heavy atom. The summed E-state index contributed by atoms with van der Waals surface area (Å²) in [6.07, 6.45) is 3.97. The minimum atomic E-state index is -0.328. The smallest absolute Gasteiger partial charge is 0.144 e. The van der Waals surface area contributed by atoms with Crippen molar-refractivity contribution in [1.82, 2.24) is 0 Å². The van der Waals surface area contributed by atoms with E-state index in [0.717, 1.165) is 19.3 Å². The zero-order chi connectivity index (χ0) is 9.56. The molecule has 0 fully saturated rings. The molecule has 12 heavy (non-hydrogen) atoms. The van der Waals surface area contributed by atoms with Gasteiger partial charge in [-0.1, -0.05) is 26.3 Å². The number of hydrogen-bond donors (Lipinski definition) is 1. The highest BCUT2D eigenvalue weighted by molar-refractivity contribution is 5.24. The van der Waals surface area contributed by atoms with E-state index in [9.17, 15) is 4.39 Å². The average molecular weight is 171 g/mol. The predicted molar refractivity (Wildman–Crippen MR) is 51.3 cm³/mol. The lowest BCUT2D eigenvalue weighted by atomic mass is 10.1. The summed E-state index contributed by atoms with van der Waals surface area (Å²) in [5.41, 5.74) is 6.05. The third-order valence-corrected chi connectivity index (χ3v) is 1.74. The van der Waals surface area contributed by atoms with Gasteiger partial charge in [0.05, 0.1) is 0 Å². The molecule has 1 nitrogen and oxygen atoms in total. The lowest BCUT2D eigenvalue weighted by molar-refractivity contribution is 0.611. The van der Waals surface area contributed by atoms with E-state index in [1.165, 1.54) is 0 Å². The summed E-state index contributed by atoms with van der Waals surface area (Å²) in [7, 11) is 0. The first-order valence-electron chi connectivity index (χ1n) is 4.39. The van der Waals surface area contributed by atoms with Crippen LogP contribution in [0.3, 0.4) is 0 Å². The minimum absolute atomic E-state index is 0.233. The quantitative estimate of drug-likeness (QED) is 0.498. The highest BCUT2D eigenvalue weighted by atomic mass is 19.1. The number of allylic oxidation sites excluding steroid dienone is 3. The van der Waals surface area contributed by atoms with Crippen molar-refractivity contribution in [2.75, 3.05) is 0 Å². The van der Waals surface area contributed by atoms with Gasteiger partial charge in [-0.3, -0.25) is 0 Å². The Morgan fingerprint density at radius 1 is 1.42 bits per heavy atom. The van der Waals surface area contributed by atoms with E-state index >= 15 is 0 Å². The molecule has 0 amide bonds. The molecule has 0 heterocycles. The van der Waals surface area contributed by atoms with Crippen molar-refractivity contribution >= 4 is 0 Å². The average Bonchev–Trinajstić information content (AvgIpc) is 2.03. The Bertz CT molecular complexity index is 178. The fourth-order valence-corrected chi connectivity index (χ4v) is 0.977. The highest BCUT2D eigenvalue weighted by Gasteiger charge is 2.03. The maximum Gasteiger partial charge on any atom is 0.144 e. The van der Waals surface area contributed by atoms with Gasteiger partial charge in [0, 0.05) is 5.70 Å². The van der Waals surface area contributed by atoms with Gasteiger partial charge in [0.1, 0.15) is 5.83 Å². The first kappa shape index (κ1) is 11.2. The number of halogens is 1. The molecule has 70 valence electrons. The molecule has 0 aromatic rings. The van der Waals surface area contributed by atoms with Crippen LogP contribution in [0.25, 0.3) is 0 Å². The first-order chi connectivity index (χ1) is 5.59. The van der Waals surface area contributed by atoms with Gasteiger partial charge in [0.15, 0.2) is 0 Å². The van der Waals surface area contributed by atoms with Gasteiger partial charge in [0.2, 0.25) is 0 Å². The van der Waals surface area contributed by atoms with Crippen molar-refractivity contribution in [2.45, 2.75) is 39.5 Å². The molecule has 0 aliphatic heterocycles. The second-order valence-corrected chi connectivity index (χ2v) is 3.06. The van der Waals surface area contributed by atoms with Crippen molar-refractivity contribution in [1.29, 1.82) is 0 Å². The SMILES string of the molecule is C=C(CCCCC)/C(F)=C(\C)N. The Balaban J connectivity index is 3.81. The lowest BCUT2D eigenvalue weighted by Crippen LogP contribution is -1.96. The van der Waals surface area contributed by atoms with Crippen molar-refractivity contribution < 1.29 is 4.39 Å². The molecule has 0 aliphatic rings. The van der Waals surface area contributed by atoms with E-state index in [-0.39, 0.29) is 11.5 Å². The van der Waals surface area contributed by atoms with Crippen LogP contribution in [0.2, 0.25) is 0 Å². The third-order valence-electron chi connectivity index (χ3n) is 1.74. The number of nitrogens with two attached hydrogens (primary N) is 1. The topological polar surface area (TPSA) is 26.0 Å². The molecule has 0 spiro atoms. The van der Waals surface area contributed by atoms with Crippen LogP contribution in [0.15, 0.2) is 23.7 Å². The second kappa shape index (κ2) is 5.81. The Labute approximate surface area is 74.1 Å². The Hall–Kier alpha value is -0.790. The molecule has 2 N–H and O–H groups in total. The van der Waals surface area contributed by atoms with Crippen molar-refractivity contribution in [3.63, 3.8) is 0 Å². The fraction of sp³-hybridized carbons (Fsp3) is 0.600. The van der Waals surface area contributed by atoms with Crippen LogP contribution in [0.4, 0.5) is 4.39 Å². The molecule has 0 saturated carbocycles. The lowest BCUT2D eigenvalue weighted by Gasteiger charge is -2.03. The van der Waals surface area contributed by atoms with Gasteiger partial charge in [-0.05, 0) is 25.3 Å². The normalized spacial score (nSPS) is 12.6. The van der Waals surface area contributed by atoms with Crippen molar-refractivity contribution in [3.8, 4) is 0 Å². The van der Waals surface area contributed by atoms with Crippen LogP contribution >= 0.6 is 0 Å². The fourth-order valence-electron chi connectivity index (χ4n) is 0.977. The van der Waals surface area contributed by atoms with Crippen molar-refractivity contribution in [2.24, 2.45) is 5.73 Å². The minimum Gasteiger partial charge on any atom is -0.400 e. The van der Waals surface area contributed by atoms with Gasteiger partial charge in [-0.25, -0.2) is 4.39 Å². The molecule has 0 rings (SSSR count). The van der Waals surface area contributed by atoms with Crippen LogP contribution in [-0.4, -0.2) is 0 Å². The van der Waals surface area contributed by atoms with E-state index < -0.39 is 0 Å². The summed E-state index contributed by atoms with van der Waals surface area (Å²) >= 11 is 0. The van der Waals surface area contributed by atoms with Gasteiger partial charge in [0.25, 0.3) is 0 Å². The summed E-state index contributed by atoms with van der Waals surface area (Å²) in [4.78, 5) is 0. The summed E-state index contributed by atoms with van der Waals surface area (Å²) in [5.74, 6) is -0.328. The molecule has 0 saturated heterocycles.